The van der Waals surface area contributed by atoms with E-state index in [0.717, 1.165) is 5.01 Å². The fraction of sp³-hybridized carbons (Fsp3) is 0.0588. The maximum Gasteiger partial charge on any atom is 0.274 e. The van der Waals surface area contributed by atoms with E-state index in [0.29, 0.717) is 26.6 Å². The van der Waals surface area contributed by atoms with Crippen molar-refractivity contribution in [1.29, 1.82) is 0 Å². The van der Waals surface area contributed by atoms with Crippen LogP contribution in [0.15, 0.2) is 41.1 Å². The zero-order valence-corrected chi connectivity index (χ0v) is 17.7. The molecule has 5 N–H and O–H groups in total. The van der Waals surface area contributed by atoms with Crippen molar-refractivity contribution in [2.45, 2.75) is 6.54 Å². The van der Waals surface area contributed by atoms with Crippen molar-refractivity contribution in [3.05, 3.63) is 62.4 Å². The predicted octanol–water partition coefficient (Wildman–Crippen LogP) is 2.88. The number of pyridine rings is 1. The summed E-state index contributed by atoms with van der Waals surface area (Å²) in [6.45, 7) is 0.0465. The number of nitrogens with one attached hydrogen (secondary N) is 1. The minimum absolute atomic E-state index is 0.0465. The second-order valence-corrected chi connectivity index (χ2v) is 7.36. The molecule has 0 fully saturated rings. The maximum atomic E-state index is 13.1. The van der Waals surface area contributed by atoms with Gasteiger partial charge >= 0.3 is 0 Å². The molecule has 1 aromatic carbocycles. The van der Waals surface area contributed by atoms with Gasteiger partial charge in [0.05, 0.1) is 16.4 Å². The van der Waals surface area contributed by atoms with Gasteiger partial charge in [-0.3, -0.25) is 9.59 Å². The van der Waals surface area contributed by atoms with Crippen LogP contribution in [0.25, 0.3) is 5.82 Å². The molecule has 3 aromatic rings. The second kappa shape index (κ2) is 8.89. The molecule has 0 aliphatic heterocycles. The molecule has 2 heterocycles. The number of amides is 2. The van der Waals surface area contributed by atoms with E-state index in [9.17, 15) is 9.59 Å². The van der Waals surface area contributed by atoms with Crippen molar-refractivity contribution in [2.75, 3.05) is 10.3 Å². The molecule has 0 aliphatic rings. The highest BCUT2D eigenvalue weighted by Gasteiger charge is 2.22. The van der Waals surface area contributed by atoms with Gasteiger partial charge in [-0.05, 0) is 45.8 Å². The topological polar surface area (TPSA) is 132 Å². The average Bonchev–Trinajstić information content (AvgIpc) is 3.10. The minimum atomic E-state index is -0.553. The Morgan fingerprint density at radius 1 is 1.34 bits per heavy atom. The Labute approximate surface area is 183 Å². The molecule has 0 atom stereocenters. The van der Waals surface area contributed by atoms with Gasteiger partial charge in [0, 0.05) is 23.8 Å². The van der Waals surface area contributed by atoms with Crippen molar-refractivity contribution >= 4 is 62.8 Å². The number of carbonyl (C=O) groups excluding carboxylic acids is 2. The first-order valence-corrected chi connectivity index (χ1v) is 9.60. The molecule has 0 aliphatic carbocycles. The van der Waals surface area contributed by atoms with Crippen molar-refractivity contribution in [3.63, 3.8) is 0 Å². The molecule has 0 radical (unpaired) electrons. The predicted molar refractivity (Wildman–Crippen MR) is 114 cm³/mol. The summed E-state index contributed by atoms with van der Waals surface area (Å²) in [7, 11) is 0. The third-order valence-corrected chi connectivity index (χ3v) is 4.77. The van der Waals surface area contributed by atoms with E-state index >= 15 is 0 Å². The zero-order chi connectivity index (χ0) is 21.1. The van der Waals surface area contributed by atoms with E-state index < -0.39 is 5.91 Å². The molecular weight excluding hydrogens is 485 g/mol. The number of rotatable bonds is 6. The Balaban J connectivity index is 2.07. The van der Waals surface area contributed by atoms with Crippen molar-refractivity contribution in [3.8, 4) is 5.82 Å². The van der Waals surface area contributed by atoms with Gasteiger partial charge in [-0.15, -0.1) is 0 Å². The van der Waals surface area contributed by atoms with Crippen LogP contribution in [0.5, 0.6) is 0 Å². The standard InChI is InChI=1S/C17H14BrCl2N7O2/c18-14-6-13(27(25-14)16-11(20)2-1-3-23-16)17(29)24-15-9(7-21)4-10(19)5-12(15)26(22)8-28/h1-6,8H,7,21-22H2,(H,24,29). The Hall–Kier alpha value is -2.50. The molecule has 0 saturated carbocycles. The Bertz CT molecular complexity index is 1090. The van der Waals surface area contributed by atoms with Crippen LogP contribution in [0, 0.1) is 0 Å². The molecule has 9 nitrogen and oxygen atoms in total. The van der Waals surface area contributed by atoms with Gasteiger partial charge in [0.15, 0.2) is 5.82 Å². The largest absolute Gasteiger partial charge is 0.326 e. The van der Waals surface area contributed by atoms with Crippen molar-refractivity contribution in [1.82, 2.24) is 14.8 Å². The number of hydrogen-bond donors (Lipinski definition) is 3. The van der Waals surface area contributed by atoms with Gasteiger partial charge < -0.3 is 11.1 Å². The lowest BCUT2D eigenvalue weighted by molar-refractivity contribution is -0.107. The maximum absolute atomic E-state index is 13.1. The number of aromatic nitrogens is 3. The van der Waals surface area contributed by atoms with Gasteiger partial charge in [-0.1, -0.05) is 23.2 Å². The summed E-state index contributed by atoms with van der Waals surface area (Å²) in [6, 6.07) is 7.79. The van der Waals surface area contributed by atoms with Crippen molar-refractivity contribution in [2.24, 2.45) is 11.6 Å². The van der Waals surface area contributed by atoms with E-state index in [4.69, 9.17) is 34.8 Å². The first-order chi connectivity index (χ1) is 13.8. The van der Waals surface area contributed by atoms with Crippen LogP contribution in [0.4, 0.5) is 11.4 Å². The quantitative estimate of drug-likeness (QED) is 0.207. The molecule has 2 aromatic heterocycles. The molecular formula is C17H14BrCl2N7O2. The van der Waals surface area contributed by atoms with Gasteiger partial charge in [-0.25, -0.2) is 20.5 Å². The molecule has 29 heavy (non-hydrogen) atoms. The van der Waals surface area contributed by atoms with Crippen LogP contribution in [-0.2, 0) is 11.3 Å². The summed E-state index contributed by atoms with van der Waals surface area (Å²) < 4.78 is 1.69. The minimum Gasteiger partial charge on any atom is -0.326 e. The molecule has 150 valence electrons. The summed E-state index contributed by atoms with van der Waals surface area (Å²) in [5.74, 6) is 5.43. The van der Waals surface area contributed by atoms with Crippen LogP contribution in [0.3, 0.4) is 0 Å². The Morgan fingerprint density at radius 2 is 2.10 bits per heavy atom. The number of nitrogens with zero attached hydrogens (tertiary/aromatic N) is 4. The molecule has 0 bridgehead atoms. The van der Waals surface area contributed by atoms with E-state index in [2.05, 4.69) is 31.3 Å². The Morgan fingerprint density at radius 3 is 2.76 bits per heavy atom. The molecule has 3 rings (SSSR count). The summed E-state index contributed by atoms with van der Waals surface area (Å²) >= 11 is 15.5. The lowest BCUT2D eigenvalue weighted by Crippen LogP contribution is -2.31. The second-order valence-electron chi connectivity index (χ2n) is 5.70. The van der Waals surface area contributed by atoms with Crippen LogP contribution in [0.2, 0.25) is 10.0 Å². The van der Waals surface area contributed by atoms with Crippen LogP contribution < -0.4 is 21.9 Å². The Kier molecular flexibility index (Phi) is 6.50. The third kappa shape index (κ3) is 4.41. The number of anilines is 2. The highest BCUT2D eigenvalue weighted by molar-refractivity contribution is 9.10. The summed E-state index contributed by atoms with van der Waals surface area (Å²) in [6.07, 6.45) is 1.91. The number of nitrogens with two attached hydrogens (primary N) is 2. The highest BCUT2D eigenvalue weighted by atomic mass is 79.9. The molecule has 0 spiro atoms. The van der Waals surface area contributed by atoms with Gasteiger partial charge in [0.25, 0.3) is 5.91 Å². The summed E-state index contributed by atoms with van der Waals surface area (Å²) in [5.41, 5.74) is 6.83. The highest BCUT2D eigenvalue weighted by Crippen LogP contribution is 2.32. The van der Waals surface area contributed by atoms with E-state index in [1.165, 1.54) is 23.0 Å². The molecule has 12 heteroatoms. The van der Waals surface area contributed by atoms with Crippen LogP contribution in [0.1, 0.15) is 16.1 Å². The molecule has 0 saturated heterocycles. The monoisotopic (exact) mass is 497 g/mol. The van der Waals surface area contributed by atoms with E-state index in [-0.39, 0.29) is 29.4 Å². The van der Waals surface area contributed by atoms with Crippen LogP contribution >= 0.6 is 39.1 Å². The molecule has 0 unspecified atom stereocenters. The lowest BCUT2D eigenvalue weighted by Gasteiger charge is -2.20. The van der Waals surface area contributed by atoms with Gasteiger partial charge in [0.2, 0.25) is 6.41 Å². The smallest absolute Gasteiger partial charge is 0.274 e. The molecule has 2 amide bonds. The lowest BCUT2D eigenvalue weighted by atomic mass is 10.1. The van der Waals surface area contributed by atoms with Gasteiger partial charge in [-0.2, -0.15) is 5.10 Å². The van der Waals surface area contributed by atoms with E-state index in [1.807, 2.05) is 0 Å². The average molecular weight is 499 g/mol. The van der Waals surface area contributed by atoms with Crippen molar-refractivity contribution < 1.29 is 9.59 Å². The number of hydrazine groups is 1. The normalized spacial score (nSPS) is 10.7. The fourth-order valence-electron chi connectivity index (χ4n) is 2.60. The zero-order valence-electron chi connectivity index (χ0n) is 14.6. The SMILES string of the molecule is NCc1cc(Cl)cc(N(N)C=O)c1NC(=O)c1cc(Br)nn1-c1ncccc1Cl. The van der Waals surface area contributed by atoms with E-state index in [1.54, 1.807) is 18.2 Å². The first-order valence-electron chi connectivity index (χ1n) is 8.05. The fourth-order valence-corrected chi connectivity index (χ4v) is 3.41. The number of carbonyl (C=O) groups is 2. The van der Waals surface area contributed by atoms with Crippen LogP contribution in [-0.4, -0.2) is 27.1 Å². The number of halogens is 3. The summed E-state index contributed by atoms with van der Waals surface area (Å²) in [5, 5.41) is 8.36. The summed E-state index contributed by atoms with van der Waals surface area (Å²) in [4.78, 5) is 28.4. The van der Waals surface area contributed by atoms with Gasteiger partial charge in [0.1, 0.15) is 10.3 Å². The first kappa shape index (κ1) is 21.2. The number of benzene rings is 1. The number of hydrogen-bond acceptors (Lipinski definition) is 6. The third-order valence-electron chi connectivity index (χ3n) is 3.87.